The Morgan fingerprint density at radius 1 is 1.14 bits per heavy atom. The van der Waals surface area contributed by atoms with Gasteiger partial charge in [0.2, 0.25) is 0 Å². The van der Waals surface area contributed by atoms with E-state index in [-0.39, 0.29) is 6.29 Å². The van der Waals surface area contributed by atoms with Gasteiger partial charge < -0.3 is 14.2 Å². The van der Waals surface area contributed by atoms with E-state index in [0.717, 1.165) is 6.61 Å². The summed E-state index contributed by atoms with van der Waals surface area (Å²) in [5.74, 6) is 0.359. The third-order valence-corrected chi connectivity index (χ3v) is 2.98. The minimum atomic E-state index is -0.0411. The second-order valence-electron chi connectivity index (χ2n) is 4.33. The van der Waals surface area contributed by atoms with Crippen LogP contribution in [0.4, 0.5) is 0 Å². The third kappa shape index (κ3) is 2.69. The molecular weight excluding hydrogens is 180 g/mol. The van der Waals surface area contributed by atoms with Crippen LogP contribution in [-0.2, 0) is 14.2 Å². The summed E-state index contributed by atoms with van der Waals surface area (Å²) >= 11 is 0. The molecule has 14 heavy (non-hydrogen) atoms. The van der Waals surface area contributed by atoms with Gasteiger partial charge in [-0.25, -0.2) is 0 Å². The Labute approximate surface area is 85.7 Å². The van der Waals surface area contributed by atoms with E-state index in [1.807, 2.05) is 0 Å². The van der Waals surface area contributed by atoms with Crippen molar-refractivity contribution in [3.8, 4) is 0 Å². The van der Waals surface area contributed by atoms with Gasteiger partial charge in [0, 0.05) is 5.92 Å². The first-order valence-electron chi connectivity index (χ1n) is 5.71. The molecule has 0 aromatic heterocycles. The van der Waals surface area contributed by atoms with E-state index in [1.54, 1.807) is 0 Å². The Bertz CT molecular complexity index is 166. The van der Waals surface area contributed by atoms with Gasteiger partial charge in [-0.05, 0) is 12.8 Å². The topological polar surface area (TPSA) is 27.7 Å². The molecule has 2 fully saturated rings. The molecule has 0 spiro atoms. The van der Waals surface area contributed by atoms with Gasteiger partial charge in [0.05, 0.1) is 25.9 Å². The molecule has 1 aliphatic heterocycles. The van der Waals surface area contributed by atoms with Gasteiger partial charge in [0.25, 0.3) is 0 Å². The summed E-state index contributed by atoms with van der Waals surface area (Å²) in [6.07, 6.45) is 5.41. The Kier molecular flexibility index (Phi) is 3.79. The van der Waals surface area contributed by atoms with Crippen LogP contribution in [0.5, 0.6) is 0 Å². The monoisotopic (exact) mass is 200 g/mol. The molecule has 0 radical (unpaired) electrons. The average Bonchev–Trinajstić information content (AvgIpc) is 2.60. The average molecular weight is 200 g/mol. The molecule has 1 heterocycles. The van der Waals surface area contributed by atoms with Crippen LogP contribution in [0.2, 0.25) is 0 Å². The Morgan fingerprint density at radius 3 is 2.71 bits per heavy atom. The molecule has 0 N–H and O–H groups in total. The van der Waals surface area contributed by atoms with Crippen LogP contribution in [0.3, 0.4) is 0 Å². The second kappa shape index (κ2) is 5.10. The van der Waals surface area contributed by atoms with Gasteiger partial charge in [0.15, 0.2) is 6.29 Å². The largest absolute Gasteiger partial charge is 0.379 e. The van der Waals surface area contributed by atoms with Crippen LogP contribution >= 0.6 is 0 Å². The summed E-state index contributed by atoms with van der Waals surface area (Å²) < 4.78 is 17.0. The lowest BCUT2D eigenvalue weighted by Gasteiger charge is -2.24. The highest BCUT2D eigenvalue weighted by Gasteiger charge is 2.26. The van der Waals surface area contributed by atoms with Crippen molar-refractivity contribution in [3.05, 3.63) is 0 Å². The van der Waals surface area contributed by atoms with Gasteiger partial charge in [-0.3, -0.25) is 0 Å². The van der Waals surface area contributed by atoms with Gasteiger partial charge >= 0.3 is 0 Å². The summed E-state index contributed by atoms with van der Waals surface area (Å²) in [4.78, 5) is 0. The van der Waals surface area contributed by atoms with E-state index in [0.29, 0.717) is 25.2 Å². The fourth-order valence-corrected chi connectivity index (χ4v) is 2.12. The first kappa shape index (κ1) is 10.4. The molecule has 0 aromatic carbocycles. The van der Waals surface area contributed by atoms with Crippen molar-refractivity contribution in [1.82, 2.24) is 0 Å². The van der Waals surface area contributed by atoms with E-state index < -0.39 is 0 Å². The number of hydrogen-bond acceptors (Lipinski definition) is 3. The lowest BCUT2D eigenvalue weighted by atomic mass is 10.2. The third-order valence-electron chi connectivity index (χ3n) is 2.98. The van der Waals surface area contributed by atoms with Gasteiger partial charge in [-0.15, -0.1) is 0 Å². The predicted molar refractivity (Wildman–Crippen MR) is 53.1 cm³/mol. The van der Waals surface area contributed by atoms with Crippen LogP contribution < -0.4 is 0 Å². The van der Waals surface area contributed by atoms with E-state index in [2.05, 4.69) is 6.92 Å². The van der Waals surface area contributed by atoms with Crippen LogP contribution in [0.1, 0.15) is 32.6 Å². The van der Waals surface area contributed by atoms with Crippen molar-refractivity contribution < 1.29 is 14.2 Å². The van der Waals surface area contributed by atoms with Gasteiger partial charge in [0.1, 0.15) is 0 Å². The minimum Gasteiger partial charge on any atom is -0.379 e. The van der Waals surface area contributed by atoms with Crippen LogP contribution in [-0.4, -0.2) is 32.2 Å². The fourth-order valence-electron chi connectivity index (χ4n) is 2.12. The highest BCUT2D eigenvalue weighted by atomic mass is 16.7. The molecule has 0 amide bonds. The van der Waals surface area contributed by atoms with E-state index >= 15 is 0 Å². The van der Waals surface area contributed by atoms with E-state index in [9.17, 15) is 0 Å². The molecule has 82 valence electrons. The summed E-state index contributed by atoms with van der Waals surface area (Å²) in [6.45, 7) is 4.26. The Morgan fingerprint density at radius 2 is 1.93 bits per heavy atom. The van der Waals surface area contributed by atoms with E-state index in [4.69, 9.17) is 14.2 Å². The lowest BCUT2D eigenvalue weighted by molar-refractivity contribution is -0.185. The first-order valence-corrected chi connectivity index (χ1v) is 5.71. The van der Waals surface area contributed by atoms with Crippen molar-refractivity contribution in [2.45, 2.75) is 45.0 Å². The highest BCUT2D eigenvalue weighted by molar-refractivity contribution is 4.69. The lowest BCUT2D eigenvalue weighted by Crippen LogP contribution is -2.29. The maximum atomic E-state index is 5.94. The quantitative estimate of drug-likeness (QED) is 0.682. The van der Waals surface area contributed by atoms with Crippen molar-refractivity contribution >= 4 is 0 Å². The number of ether oxygens (including phenoxy) is 3. The van der Waals surface area contributed by atoms with Crippen molar-refractivity contribution in [3.63, 3.8) is 0 Å². The molecule has 3 nitrogen and oxygen atoms in total. The Balaban J connectivity index is 1.81. The van der Waals surface area contributed by atoms with Gasteiger partial charge in [-0.2, -0.15) is 0 Å². The zero-order valence-electron chi connectivity index (χ0n) is 8.91. The maximum absolute atomic E-state index is 5.94. The minimum absolute atomic E-state index is 0.0411. The Hall–Kier alpha value is -0.120. The summed E-state index contributed by atoms with van der Waals surface area (Å²) in [6, 6.07) is 0. The van der Waals surface area contributed by atoms with Crippen molar-refractivity contribution in [2.24, 2.45) is 5.92 Å². The molecule has 2 atom stereocenters. The molecule has 1 saturated heterocycles. The summed E-state index contributed by atoms with van der Waals surface area (Å²) in [7, 11) is 0. The summed E-state index contributed by atoms with van der Waals surface area (Å²) in [5, 5.41) is 0. The summed E-state index contributed by atoms with van der Waals surface area (Å²) in [5.41, 5.74) is 0. The molecule has 0 aromatic rings. The molecule has 0 bridgehead atoms. The maximum Gasteiger partial charge on any atom is 0.162 e. The number of hydrogen-bond donors (Lipinski definition) is 0. The first-order chi connectivity index (χ1) is 6.86. The zero-order valence-corrected chi connectivity index (χ0v) is 8.91. The van der Waals surface area contributed by atoms with E-state index in [1.165, 1.54) is 25.7 Å². The van der Waals surface area contributed by atoms with Crippen LogP contribution in [0, 0.1) is 5.92 Å². The molecular formula is C11H20O3. The normalized spacial score (nSPS) is 35.8. The molecule has 2 rings (SSSR count). The standard InChI is InChI=1S/C11H20O3/c1-9-8-12-6-7-13-11(9)14-10-4-2-3-5-10/h9-11H,2-8H2,1H3. The van der Waals surface area contributed by atoms with Crippen LogP contribution in [0.25, 0.3) is 0 Å². The zero-order chi connectivity index (χ0) is 9.80. The van der Waals surface area contributed by atoms with Crippen LogP contribution in [0.15, 0.2) is 0 Å². The molecule has 1 saturated carbocycles. The molecule has 2 unspecified atom stereocenters. The highest BCUT2D eigenvalue weighted by Crippen LogP contribution is 2.25. The molecule has 1 aliphatic carbocycles. The van der Waals surface area contributed by atoms with Crippen molar-refractivity contribution in [1.29, 1.82) is 0 Å². The predicted octanol–water partition coefficient (Wildman–Crippen LogP) is 1.95. The second-order valence-corrected chi connectivity index (χ2v) is 4.33. The smallest absolute Gasteiger partial charge is 0.162 e. The van der Waals surface area contributed by atoms with Gasteiger partial charge in [-0.1, -0.05) is 19.8 Å². The molecule has 2 aliphatic rings. The van der Waals surface area contributed by atoms with Crippen molar-refractivity contribution in [2.75, 3.05) is 19.8 Å². The number of rotatable bonds is 2. The molecule has 3 heteroatoms. The SMILES string of the molecule is CC1COCCOC1OC1CCCC1. The fraction of sp³-hybridized carbons (Fsp3) is 1.00.